The Kier molecular flexibility index (Phi) is 6.24. The summed E-state index contributed by atoms with van der Waals surface area (Å²) in [6.07, 6.45) is 0.848. The lowest BCUT2D eigenvalue weighted by atomic mass is 10.1. The highest BCUT2D eigenvalue weighted by atomic mass is 16.5. The van der Waals surface area contributed by atoms with Crippen LogP contribution in [0.15, 0.2) is 36.4 Å². The predicted octanol–water partition coefficient (Wildman–Crippen LogP) is 4.00. The lowest BCUT2D eigenvalue weighted by Crippen LogP contribution is -2.07. The summed E-state index contributed by atoms with van der Waals surface area (Å²) in [5.74, 6) is 1.11. The average molecular weight is 328 g/mol. The highest BCUT2D eigenvalue weighted by Crippen LogP contribution is 2.31. The van der Waals surface area contributed by atoms with Crippen molar-refractivity contribution in [1.29, 1.82) is 0 Å². The monoisotopic (exact) mass is 328 g/mol. The Hall–Kier alpha value is -2.49. The molecule has 0 aliphatic carbocycles. The van der Waals surface area contributed by atoms with Crippen LogP contribution >= 0.6 is 0 Å². The molecule has 2 rings (SSSR count). The van der Waals surface area contributed by atoms with Crippen LogP contribution in [-0.4, -0.2) is 20.2 Å². The molecule has 24 heavy (non-hydrogen) atoms. The van der Waals surface area contributed by atoms with Gasteiger partial charge in [-0.15, -0.1) is 0 Å². The maximum absolute atomic E-state index is 12.0. The molecule has 0 radical (unpaired) electrons. The van der Waals surface area contributed by atoms with Crippen molar-refractivity contribution in [3.63, 3.8) is 0 Å². The lowest BCUT2D eigenvalue weighted by Gasteiger charge is -2.12. The second-order valence-corrected chi connectivity index (χ2v) is 5.74. The van der Waals surface area contributed by atoms with E-state index in [0.717, 1.165) is 22.3 Å². The number of aryl methyl sites for hydroxylation is 3. The van der Waals surface area contributed by atoms with Gasteiger partial charge in [0.05, 0.1) is 14.2 Å². The third-order valence-corrected chi connectivity index (χ3v) is 3.98. The normalized spacial score (nSPS) is 10.3. The first-order chi connectivity index (χ1) is 11.5. The van der Waals surface area contributed by atoms with Crippen molar-refractivity contribution >= 4 is 5.97 Å². The van der Waals surface area contributed by atoms with Crippen LogP contribution in [0.4, 0.5) is 0 Å². The van der Waals surface area contributed by atoms with Gasteiger partial charge in [0.25, 0.3) is 0 Å². The molecule has 2 aromatic rings. The summed E-state index contributed by atoms with van der Waals surface area (Å²) in [4.78, 5) is 12.0. The number of rotatable bonds is 7. The number of hydrogen-bond donors (Lipinski definition) is 0. The summed E-state index contributed by atoms with van der Waals surface area (Å²) in [7, 11) is 3.19. The molecule has 4 nitrogen and oxygen atoms in total. The molecule has 128 valence electrons. The second-order valence-electron chi connectivity index (χ2n) is 5.74. The van der Waals surface area contributed by atoms with Crippen LogP contribution in [0.1, 0.15) is 28.7 Å². The average Bonchev–Trinajstić information content (AvgIpc) is 2.60. The Labute approximate surface area is 143 Å². The van der Waals surface area contributed by atoms with Crippen LogP contribution in [0, 0.1) is 13.8 Å². The number of benzene rings is 2. The third kappa shape index (κ3) is 4.51. The number of hydrogen-bond acceptors (Lipinski definition) is 4. The molecule has 0 heterocycles. The van der Waals surface area contributed by atoms with E-state index in [0.29, 0.717) is 30.9 Å². The molecule has 0 aliphatic rings. The Morgan fingerprint density at radius 3 is 2.50 bits per heavy atom. The van der Waals surface area contributed by atoms with Crippen LogP contribution in [0.2, 0.25) is 0 Å². The molecular weight excluding hydrogens is 304 g/mol. The summed E-state index contributed by atoms with van der Waals surface area (Å²) in [6.45, 7) is 4.35. The van der Waals surface area contributed by atoms with Gasteiger partial charge in [0.2, 0.25) is 0 Å². The number of methoxy groups -OCH3 is 2. The molecule has 0 unspecified atom stereocenters. The molecule has 0 N–H and O–H groups in total. The Balaban J connectivity index is 1.93. The summed E-state index contributed by atoms with van der Waals surface area (Å²) in [6, 6.07) is 11.8. The smallest absolute Gasteiger partial charge is 0.306 e. The van der Waals surface area contributed by atoms with E-state index in [-0.39, 0.29) is 5.97 Å². The summed E-state index contributed by atoms with van der Waals surface area (Å²) < 4.78 is 16.1. The van der Waals surface area contributed by atoms with Gasteiger partial charge < -0.3 is 14.2 Å². The lowest BCUT2D eigenvalue weighted by molar-refractivity contribution is -0.144. The van der Waals surface area contributed by atoms with Crippen LogP contribution in [0.5, 0.6) is 11.5 Å². The maximum Gasteiger partial charge on any atom is 0.306 e. The van der Waals surface area contributed by atoms with E-state index in [9.17, 15) is 4.79 Å². The highest BCUT2D eigenvalue weighted by molar-refractivity contribution is 5.70. The van der Waals surface area contributed by atoms with Crippen molar-refractivity contribution < 1.29 is 19.0 Å². The third-order valence-electron chi connectivity index (χ3n) is 3.98. The highest BCUT2D eigenvalue weighted by Gasteiger charge is 2.12. The van der Waals surface area contributed by atoms with Crippen molar-refractivity contribution in [1.82, 2.24) is 0 Å². The zero-order valence-corrected chi connectivity index (χ0v) is 14.7. The van der Waals surface area contributed by atoms with Crippen molar-refractivity contribution in [2.45, 2.75) is 33.3 Å². The molecule has 0 spiro atoms. The minimum Gasteiger partial charge on any atom is -0.493 e. The van der Waals surface area contributed by atoms with Gasteiger partial charge in [0, 0.05) is 6.42 Å². The molecular formula is C20H24O4. The SMILES string of the molecule is COc1cccc(CCC(=O)OCc2cc(C)ccc2C)c1OC. The minimum absolute atomic E-state index is 0.222. The van der Waals surface area contributed by atoms with E-state index < -0.39 is 0 Å². The fourth-order valence-corrected chi connectivity index (χ4v) is 2.57. The second kappa shape index (κ2) is 8.39. The fourth-order valence-electron chi connectivity index (χ4n) is 2.57. The van der Waals surface area contributed by atoms with Gasteiger partial charge in [-0.2, -0.15) is 0 Å². The minimum atomic E-state index is -0.222. The number of esters is 1. The Bertz CT molecular complexity index is 707. The zero-order valence-electron chi connectivity index (χ0n) is 14.7. The van der Waals surface area contributed by atoms with E-state index in [2.05, 4.69) is 6.07 Å². The molecule has 0 aromatic heterocycles. The van der Waals surface area contributed by atoms with Gasteiger partial charge in [-0.25, -0.2) is 0 Å². The van der Waals surface area contributed by atoms with Crippen LogP contribution in [-0.2, 0) is 22.6 Å². The summed E-state index contributed by atoms with van der Waals surface area (Å²) in [5.41, 5.74) is 4.26. The van der Waals surface area contributed by atoms with Crippen molar-refractivity contribution in [3.05, 3.63) is 58.7 Å². The number of carbonyl (C=O) groups is 1. The standard InChI is InChI=1S/C20H24O4/c1-14-8-9-15(2)17(12-14)13-24-19(21)11-10-16-6-5-7-18(22-3)20(16)23-4/h5-9,12H,10-11,13H2,1-4H3. The van der Waals surface area contributed by atoms with Gasteiger partial charge >= 0.3 is 5.97 Å². The summed E-state index contributed by atoms with van der Waals surface area (Å²) in [5, 5.41) is 0. The Morgan fingerprint density at radius 1 is 1.00 bits per heavy atom. The molecule has 0 atom stereocenters. The first-order valence-electron chi connectivity index (χ1n) is 7.96. The topological polar surface area (TPSA) is 44.8 Å². The van der Waals surface area contributed by atoms with Crippen molar-refractivity contribution in [2.75, 3.05) is 14.2 Å². The van der Waals surface area contributed by atoms with Gasteiger partial charge in [-0.3, -0.25) is 4.79 Å². The molecule has 0 amide bonds. The molecule has 0 aliphatic heterocycles. The van der Waals surface area contributed by atoms with E-state index in [1.54, 1.807) is 14.2 Å². The molecule has 0 fully saturated rings. The number of ether oxygens (including phenoxy) is 3. The van der Waals surface area contributed by atoms with E-state index in [1.165, 1.54) is 0 Å². The van der Waals surface area contributed by atoms with E-state index in [1.807, 2.05) is 44.2 Å². The molecule has 0 saturated carbocycles. The van der Waals surface area contributed by atoms with E-state index in [4.69, 9.17) is 14.2 Å². The predicted molar refractivity (Wildman–Crippen MR) is 93.6 cm³/mol. The maximum atomic E-state index is 12.0. The fraction of sp³-hybridized carbons (Fsp3) is 0.350. The van der Waals surface area contributed by atoms with Gasteiger partial charge in [0.15, 0.2) is 11.5 Å². The van der Waals surface area contributed by atoms with Gasteiger partial charge in [0.1, 0.15) is 6.61 Å². The van der Waals surface area contributed by atoms with Gasteiger partial charge in [-0.05, 0) is 43.0 Å². The van der Waals surface area contributed by atoms with Gasteiger partial charge in [-0.1, -0.05) is 35.9 Å². The first kappa shape index (κ1) is 17.9. The Morgan fingerprint density at radius 2 is 1.79 bits per heavy atom. The van der Waals surface area contributed by atoms with Crippen LogP contribution < -0.4 is 9.47 Å². The quantitative estimate of drug-likeness (QED) is 0.721. The molecule has 0 saturated heterocycles. The van der Waals surface area contributed by atoms with E-state index >= 15 is 0 Å². The molecule has 4 heteroatoms. The number of para-hydroxylation sites is 1. The van der Waals surface area contributed by atoms with Crippen LogP contribution in [0.25, 0.3) is 0 Å². The van der Waals surface area contributed by atoms with Crippen LogP contribution in [0.3, 0.4) is 0 Å². The van der Waals surface area contributed by atoms with Crippen molar-refractivity contribution in [3.8, 4) is 11.5 Å². The number of carbonyl (C=O) groups excluding carboxylic acids is 1. The molecule has 2 aromatic carbocycles. The zero-order chi connectivity index (χ0) is 17.5. The largest absolute Gasteiger partial charge is 0.493 e. The first-order valence-corrected chi connectivity index (χ1v) is 7.96. The van der Waals surface area contributed by atoms with Crippen molar-refractivity contribution in [2.24, 2.45) is 0 Å². The summed E-state index contributed by atoms with van der Waals surface area (Å²) >= 11 is 0. The molecule has 0 bridgehead atoms.